The molecule has 2 nitrogen and oxygen atoms in total. The van der Waals surface area contributed by atoms with Gasteiger partial charge in [0.1, 0.15) is 0 Å². The number of hydrogen-bond acceptors (Lipinski definition) is 1. The molecule has 12 aromatic rings. The molecule has 0 bridgehead atoms. The van der Waals surface area contributed by atoms with Gasteiger partial charge >= 0.3 is 0 Å². The summed E-state index contributed by atoms with van der Waals surface area (Å²) in [5.74, 6) is 0. The molecule has 0 spiro atoms. The third-order valence-electron chi connectivity index (χ3n) is 10.6. The summed E-state index contributed by atoms with van der Waals surface area (Å²) in [5.41, 5.74) is 7.53. The molecule has 0 N–H and O–H groups in total. The van der Waals surface area contributed by atoms with E-state index >= 15 is 0 Å². The van der Waals surface area contributed by atoms with Crippen molar-refractivity contribution in [2.24, 2.45) is 0 Å². The van der Waals surface area contributed by atoms with Crippen LogP contribution >= 0.6 is 11.3 Å². The van der Waals surface area contributed by atoms with Crippen molar-refractivity contribution in [2.75, 3.05) is 0 Å². The first-order valence-corrected chi connectivity index (χ1v) is 17.0. The quantitative estimate of drug-likeness (QED) is 0.163. The topological polar surface area (TPSA) is 9.34 Å². The first-order valence-electron chi connectivity index (χ1n) is 16.2. The Bertz CT molecular complexity index is 3300. The average Bonchev–Trinajstić information content (AvgIpc) is 3.87. The minimum Gasteiger partial charge on any atom is -0.309 e. The Morgan fingerprint density at radius 3 is 1.81 bits per heavy atom. The van der Waals surface area contributed by atoms with Crippen molar-refractivity contribution in [3.63, 3.8) is 0 Å². The smallest absolute Gasteiger partial charge is 0.0625 e. The third kappa shape index (κ3) is 2.88. The number of nitrogens with zero attached hydrogens (tertiary/aromatic N) is 2. The fourth-order valence-electron chi connectivity index (χ4n) is 8.77. The van der Waals surface area contributed by atoms with E-state index in [0.29, 0.717) is 0 Å². The number of hydrogen-bond donors (Lipinski definition) is 0. The van der Waals surface area contributed by atoms with Gasteiger partial charge in [0.25, 0.3) is 0 Å². The van der Waals surface area contributed by atoms with Crippen molar-refractivity contribution in [2.45, 2.75) is 0 Å². The van der Waals surface area contributed by atoms with Gasteiger partial charge in [-0.2, -0.15) is 0 Å². The van der Waals surface area contributed by atoms with Crippen molar-refractivity contribution in [3.05, 3.63) is 146 Å². The minimum absolute atomic E-state index is 1.19. The lowest BCUT2D eigenvalue weighted by molar-refractivity contribution is 1.19. The van der Waals surface area contributed by atoms with E-state index < -0.39 is 0 Å². The number of para-hydroxylation sites is 3. The highest BCUT2D eigenvalue weighted by molar-refractivity contribution is 7.27. The molecule has 0 amide bonds. The summed E-state index contributed by atoms with van der Waals surface area (Å²) < 4.78 is 7.71. The molecule has 0 aliphatic rings. The van der Waals surface area contributed by atoms with Gasteiger partial charge < -0.3 is 8.97 Å². The molecule has 3 heteroatoms. The summed E-state index contributed by atoms with van der Waals surface area (Å²) in [6.07, 6.45) is 0. The Morgan fingerprint density at radius 2 is 0.957 bits per heavy atom. The number of aromatic nitrogens is 2. The normalized spacial score (nSPS) is 12.7. The van der Waals surface area contributed by atoms with Crippen LogP contribution in [0.1, 0.15) is 0 Å². The molecule has 47 heavy (non-hydrogen) atoms. The van der Waals surface area contributed by atoms with Crippen LogP contribution in [0.25, 0.3) is 107 Å². The van der Waals surface area contributed by atoms with Crippen molar-refractivity contribution in [1.82, 2.24) is 8.97 Å². The predicted molar refractivity (Wildman–Crippen MR) is 203 cm³/mol. The monoisotopic (exact) mass is 612 g/mol. The van der Waals surface area contributed by atoms with Crippen LogP contribution in [0, 0.1) is 0 Å². The molecule has 0 aliphatic carbocycles. The van der Waals surface area contributed by atoms with Crippen LogP contribution in [-0.4, -0.2) is 8.97 Å². The highest BCUT2D eigenvalue weighted by Gasteiger charge is 2.22. The first-order chi connectivity index (χ1) is 23.3. The number of fused-ring (bicyclic) bond motifs is 18. The number of benzene rings is 8. The van der Waals surface area contributed by atoms with E-state index in [9.17, 15) is 0 Å². The van der Waals surface area contributed by atoms with E-state index in [0.717, 1.165) is 0 Å². The van der Waals surface area contributed by atoms with Crippen LogP contribution in [0.3, 0.4) is 0 Å². The van der Waals surface area contributed by atoms with Crippen LogP contribution in [0.2, 0.25) is 0 Å². The van der Waals surface area contributed by atoms with Gasteiger partial charge in [-0.3, -0.25) is 0 Å². The maximum atomic E-state index is 2.53. The fraction of sp³-hybridized carbons (Fsp3) is 0. The minimum atomic E-state index is 1.19. The van der Waals surface area contributed by atoms with E-state index in [1.165, 1.54) is 107 Å². The van der Waals surface area contributed by atoms with Crippen molar-refractivity contribution >= 4 is 113 Å². The first kappa shape index (κ1) is 24.3. The zero-order valence-corrected chi connectivity index (χ0v) is 26.0. The molecule has 4 aromatic heterocycles. The van der Waals surface area contributed by atoms with Crippen LogP contribution in [0.5, 0.6) is 0 Å². The highest BCUT2D eigenvalue weighted by atomic mass is 32.1. The molecule has 0 fully saturated rings. The lowest BCUT2D eigenvalue weighted by Gasteiger charge is -2.13. The summed E-state index contributed by atoms with van der Waals surface area (Å²) in [7, 11) is 0. The molecule has 0 unspecified atom stereocenters. The van der Waals surface area contributed by atoms with Crippen molar-refractivity contribution in [3.8, 4) is 5.69 Å². The molecule has 0 aliphatic heterocycles. The molecule has 4 heterocycles. The number of rotatable bonds is 1. The molecule has 0 saturated carbocycles. The summed E-state index contributed by atoms with van der Waals surface area (Å²) in [6, 6.07) is 54.2. The summed E-state index contributed by atoms with van der Waals surface area (Å²) in [6.45, 7) is 0. The van der Waals surface area contributed by atoms with E-state index in [1.807, 2.05) is 11.3 Å². The van der Waals surface area contributed by atoms with Crippen molar-refractivity contribution in [1.29, 1.82) is 0 Å². The Kier molecular flexibility index (Phi) is 4.39. The maximum Gasteiger partial charge on any atom is 0.0625 e. The van der Waals surface area contributed by atoms with Gasteiger partial charge in [0.2, 0.25) is 0 Å². The molecule has 216 valence electrons. The van der Waals surface area contributed by atoms with Crippen LogP contribution in [0.4, 0.5) is 0 Å². The standard InChI is InChI=1S/C44H24N2S/c1-2-13-32-28(12-1)40-34(41-33-14-5-8-19-39(33)47-44(32)41)22-21-31-27-11-3-6-17-36(27)45(43(31)40)25-20-23-38-35(24-25)30-16-9-15-29-26-10-4-7-18-37(26)46(38)42(29)30/h1-24H. The van der Waals surface area contributed by atoms with Crippen LogP contribution in [0.15, 0.2) is 146 Å². The Morgan fingerprint density at radius 1 is 0.362 bits per heavy atom. The van der Waals surface area contributed by atoms with E-state index in [2.05, 4.69) is 155 Å². The van der Waals surface area contributed by atoms with Gasteiger partial charge in [-0.15, -0.1) is 11.3 Å². The van der Waals surface area contributed by atoms with Gasteiger partial charge in [0.15, 0.2) is 0 Å². The van der Waals surface area contributed by atoms with E-state index in [-0.39, 0.29) is 0 Å². The lowest BCUT2D eigenvalue weighted by Crippen LogP contribution is -1.95. The molecule has 0 atom stereocenters. The predicted octanol–water partition coefficient (Wildman–Crippen LogP) is 12.6. The van der Waals surface area contributed by atoms with Gasteiger partial charge in [-0.25, -0.2) is 0 Å². The fourth-order valence-corrected chi connectivity index (χ4v) is 10.0. The zero-order chi connectivity index (χ0) is 30.4. The van der Waals surface area contributed by atoms with E-state index in [4.69, 9.17) is 0 Å². The molecular formula is C44H24N2S. The summed E-state index contributed by atoms with van der Waals surface area (Å²) in [4.78, 5) is 0. The van der Waals surface area contributed by atoms with Gasteiger partial charge in [0, 0.05) is 68.9 Å². The highest BCUT2D eigenvalue weighted by Crippen LogP contribution is 2.48. The Labute approximate surface area is 272 Å². The summed E-state index contributed by atoms with van der Waals surface area (Å²) in [5, 5.41) is 15.8. The maximum absolute atomic E-state index is 2.53. The van der Waals surface area contributed by atoms with Gasteiger partial charge in [-0.05, 0) is 47.2 Å². The van der Waals surface area contributed by atoms with Crippen LogP contribution < -0.4 is 0 Å². The Hall–Kier alpha value is -5.90. The van der Waals surface area contributed by atoms with E-state index in [1.54, 1.807) is 0 Å². The van der Waals surface area contributed by atoms with Crippen LogP contribution in [-0.2, 0) is 0 Å². The van der Waals surface area contributed by atoms with Gasteiger partial charge in [-0.1, -0.05) is 109 Å². The summed E-state index contributed by atoms with van der Waals surface area (Å²) >= 11 is 1.91. The molecule has 8 aromatic carbocycles. The average molecular weight is 613 g/mol. The second-order valence-corrected chi connectivity index (χ2v) is 13.9. The molecule has 12 rings (SSSR count). The third-order valence-corrected chi connectivity index (χ3v) is 11.8. The number of thiophene rings is 1. The molecule has 0 radical (unpaired) electrons. The second kappa shape index (κ2) is 8.47. The largest absolute Gasteiger partial charge is 0.309 e. The second-order valence-electron chi connectivity index (χ2n) is 12.8. The Balaban J connectivity index is 1.30. The molecule has 0 saturated heterocycles. The van der Waals surface area contributed by atoms with Gasteiger partial charge in [0.05, 0.1) is 27.6 Å². The zero-order valence-electron chi connectivity index (χ0n) is 25.2. The lowest BCUT2D eigenvalue weighted by atomic mass is 9.95. The SMILES string of the molecule is c1ccc2c(c1)sc1c3ccccc3c3c(ccc4c5ccccc5n(-c5ccc6c(c5)c5cccc7c8ccccc8n6c75)c43)c21. The molecular weight excluding hydrogens is 589 g/mol. The van der Waals surface area contributed by atoms with Crippen molar-refractivity contribution < 1.29 is 0 Å².